The summed E-state index contributed by atoms with van der Waals surface area (Å²) in [4.78, 5) is 20.6. The van der Waals surface area contributed by atoms with Crippen molar-refractivity contribution in [2.75, 3.05) is 4.43 Å². The highest BCUT2D eigenvalue weighted by Gasteiger charge is 2.07. The molecule has 0 aliphatic heterocycles. The SMILES string of the molecule is O=C(CI)CC(=O)OCl. The van der Waals surface area contributed by atoms with E-state index in [2.05, 4.69) is 16.2 Å². The van der Waals surface area contributed by atoms with E-state index in [9.17, 15) is 9.59 Å². The summed E-state index contributed by atoms with van der Waals surface area (Å²) in [5, 5.41) is 0. The largest absolute Gasteiger partial charge is 0.347 e. The van der Waals surface area contributed by atoms with Gasteiger partial charge in [-0.3, -0.25) is 9.59 Å². The fraction of sp³-hybridized carbons (Fsp3) is 0.500. The van der Waals surface area contributed by atoms with E-state index in [4.69, 9.17) is 0 Å². The average Bonchev–Trinajstić information content (AvgIpc) is 1.87. The molecule has 0 unspecified atom stereocenters. The predicted octanol–water partition coefficient (Wildman–Crippen LogP) is 1.08. The third-order valence-electron chi connectivity index (χ3n) is 0.577. The molecule has 0 atom stereocenters. The van der Waals surface area contributed by atoms with Crippen molar-refractivity contribution in [2.45, 2.75) is 6.42 Å². The van der Waals surface area contributed by atoms with Crippen LogP contribution in [0.15, 0.2) is 0 Å². The number of carbonyl (C=O) groups excluding carboxylic acids is 2. The molecule has 0 aliphatic carbocycles. The summed E-state index contributed by atoms with van der Waals surface area (Å²) in [5.41, 5.74) is 0. The first-order valence-electron chi connectivity index (χ1n) is 2.09. The maximum Gasteiger partial charge on any atom is 0.332 e. The summed E-state index contributed by atoms with van der Waals surface area (Å²) >= 11 is 6.51. The minimum absolute atomic E-state index is 0.179. The molecule has 0 fully saturated rings. The summed E-state index contributed by atoms with van der Waals surface area (Å²) in [6.07, 6.45) is -0.230. The standard InChI is InChI=1S/C4H4ClIO3/c5-9-4(8)1-3(7)2-6/h1-2H2. The van der Waals surface area contributed by atoms with Crippen molar-refractivity contribution < 1.29 is 13.9 Å². The molecule has 0 aromatic rings. The third-order valence-corrected chi connectivity index (χ3v) is 1.60. The Labute approximate surface area is 71.0 Å². The van der Waals surface area contributed by atoms with Crippen molar-refractivity contribution in [3.8, 4) is 0 Å². The Kier molecular flexibility index (Phi) is 5.07. The molecule has 0 rings (SSSR count). The molecule has 52 valence electrons. The van der Waals surface area contributed by atoms with Crippen LogP contribution in [0.2, 0.25) is 0 Å². The average molecular weight is 262 g/mol. The Hall–Kier alpha value is 0.160. The molecule has 0 spiro atoms. The second-order valence-corrected chi connectivity index (χ2v) is 2.22. The van der Waals surface area contributed by atoms with Crippen LogP contribution in [0, 0.1) is 0 Å². The zero-order valence-corrected chi connectivity index (χ0v) is 7.31. The van der Waals surface area contributed by atoms with Crippen LogP contribution < -0.4 is 0 Å². The van der Waals surface area contributed by atoms with Crippen LogP contribution in [0.25, 0.3) is 0 Å². The van der Waals surface area contributed by atoms with Crippen molar-refractivity contribution >= 4 is 46.2 Å². The van der Waals surface area contributed by atoms with Crippen molar-refractivity contribution in [1.29, 1.82) is 0 Å². The number of rotatable bonds is 3. The van der Waals surface area contributed by atoms with Crippen molar-refractivity contribution in [3.63, 3.8) is 0 Å². The van der Waals surface area contributed by atoms with Gasteiger partial charge in [-0.1, -0.05) is 22.6 Å². The molecule has 9 heavy (non-hydrogen) atoms. The predicted molar refractivity (Wildman–Crippen MR) is 40.5 cm³/mol. The molecule has 0 N–H and O–H groups in total. The van der Waals surface area contributed by atoms with Crippen molar-refractivity contribution in [1.82, 2.24) is 0 Å². The highest BCUT2D eigenvalue weighted by Crippen LogP contribution is 1.93. The molecule has 0 heterocycles. The van der Waals surface area contributed by atoms with Crippen LogP contribution in [0.3, 0.4) is 0 Å². The molecule has 0 aliphatic rings. The van der Waals surface area contributed by atoms with Crippen LogP contribution in [-0.4, -0.2) is 16.2 Å². The van der Waals surface area contributed by atoms with Crippen LogP contribution in [0.5, 0.6) is 0 Å². The normalized spacial score (nSPS) is 8.67. The highest BCUT2D eigenvalue weighted by molar-refractivity contribution is 14.1. The van der Waals surface area contributed by atoms with Gasteiger partial charge in [0.15, 0.2) is 5.78 Å². The van der Waals surface area contributed by atoms with Crippen LogP contribution in [0.1, 0.15) is 6.42 Å². The van der Waals surface area contributed by atoms with Gasteiger partial charge in [0.25, 0.3) is 0 Å². The van der Waals surface area contributed by atoms with Gasteiger partial charge in [-0.15, -0.1) is 0 Å². The summed E-state index contributed by atoms with van der Waals surface area (Å²) in [6, 6.07) is 0. The third kappa shape index (κ3) is 4.65. The molecule has 0 amide bonds. The summed E-state index contributed by atoms with van der Waals surface area (Å²) < 4.78 is 4.04. The number of halogens is 2. The number of carbonyl (C=O) groups is 2. The van der Waals surface area contributed by atoms with E-state index in [1.165, 1.54) is 0 Å². The van der Waals surface area contributed by atoms with Crippen molar-refractivity contribution in [2.24, 2.45) is 0 Å². The van der Waals surface area contributed by atoms with E-state index < -0.39 is 5.97 Å². The van der Waals surface area contributed by atoms with E-state index >= 15 is 0 Å². The van der Waals surface area contributed by atoms with Crippen LogP contribution in [0.4, 0.5) is 0 Å². The highest BCUT2D eigenvalue weighted by atomic mass is 127. The minimum atomic E-state index is -0.696. The number of hydrogen-bond donors (Lipinski definition) is 0. The lowest BCUT2D eigenvalue weighted by Crippen LogP contribution is -2.07. The molecular weight excluding hydrogens is 258 g/mol. The monoisotopic (exact) mass is 262 g/mol. The zero-order valence-electron chi connectivity index (χ0n) is 4.39. The first-order chi connectivity index (χ1) is 4.20. The maximum atomic E-state index is 10.4. The number of ketones is 1. The Morgan fingerprint density at radius 2 is 2.11 bits per heavy atom. The number of hydrogen-bond acceptors (Lipinski definition) is 3. The van der Waals surface area contributed by atoms with Gasteiger partial charge in [-0.2, -0.15) is 0 Å². The molecule has 0 saturated heterocycles. The van der Waals surface area contributed by atoms with Gasteiger partial charge in [-0.25, -0.2) is 0 Å². The van der Waals surface area contributed by atoms with Gasteiger partial charge in [0.2, 0.25) is 0 Å². The fourth-order valence-electron chi connectivity index (χ4n) is 0.236. The molecule has 0 aromatic heterocycles. The first-order valence-corrected chi connectivity index (χ1v) is 3.93. The maximum absolute atomic E-state index is 10.4. The van der Waals surface area contributed by atoms with Gasteiger partial charge in [0.1, 0.15) is 18.3 Å². The zero-order chi connectivity index (χ0) is 7.28. The van der Waals surface area contributed by atoms with Gasteiger partial charge in [0, 0.05) is 0 Å². The van der Waals surface area contributed by atoms with Gasteiger partial charge < -0.3 is 4.29 Å². The second-order valence-electron chi connectivity index (χ2n) is 1.30. The van der Waals surface area contributed by atoms with Gasteiger partial charge in [-0.05, 0) is 0 Å². The quantitative estimate of drug-likeness (QED) is 0.434. The Bertz CT molecular complexity index is 111. The molecule has 5 heteroatoms. The lowest BCUT2D eigenvalue weighted by molar-refractivity contribution is -0.136. The summed E-state index contributed by atoms with van der Waals surface area (Å²) in [5.74, 6) is -0.875. The molecule has 0 bridgehead atoms. The first kappa shape index (κ1) is 9.16. The molecule has 0 aromatic carbocycles. The second kappa shape index (κ2) is 4.99. The Balaban J connectivity index is 3.47. The van der Waals surface area contributed by atoms with E-state index in [0.29, 0.717) is 4.43 Å². The topological polar surface area (TPSA) is 43.4 Å². The minimum Gasteiger partial charge on any atom is -0.347 e. The van der Waals surface area contributed by atoms with Gasteiger partial charge >= 0.3 is 5.97 Å². The number of alkyl halides is 1. The Morgan fingerprint density at radius 3 is 2.44 bits per heavy atom. The lowest BCUT2D eigenvalue weighted by atomic mass is 10.3. The molecule has 0 radical (unpaired) electrons. The Morgan fingerprint density at radius 1 is 1.56 bits per heavy atom. The summed E-state index contributed by atoms with van der Waals surface area (Å²) in [7, 11) is 0. The van der Waals surface area contributed by atoms with Crippen LogP contribution in [-0.2, 0) is 13.9 Å². The molecule has 0 saturated carbocycles. The lowest BCUT2D eigenvalue weighted by Gasteiger charge is -1.89. The van der Waals surface area contributed by atoms with Gasteiger partial charge in [0.05, 0.1) is 4.43 Å². The van der Waals surface area contributed by atoms with E-state index in [1.807, 2.05) is 22.6 Å². The summed E-state index contributed by atoms with van der Waals surface area (Å²) in [6.45, 7) is 0. The fourth-order valence-corrected chi connectivity index (χ4v) is 0.560. The smallest absolute Gasteiger partial charge is 0.332 e. The molecular formula is C4H4ClIO3. The van der Waals surface area contributed by atoms with E-state index in [-0.39, 0.29) is 12.2 Å². The van der Waals surface area contributed by atoms with E-state index in [1.54, 1.807) is 0 Å². The molecule has 3 nitrogen and oxygen atoms in total. The van der Waals surface area contributed by atoms with Crippen LogP contribution >= 0.6 is 34.5 Å². The van der Waals surface area contributed by atoms with Crippen molar-refractivity contribution in [3.05, 3.63) is 0 Å². The number of Topliss-reactive ketones (excluding diaryl/α,β-unsaturated/α-hetero) is 1. The van der Waals surface area contributed by atoms with E-state index in [0.717, 1.165) is 0 Å².